The van der Waals surface area contributed by atoms with Gasteiger partial charge in [-0.3, -0.25) is 4.90 Å². The summed E-state index contributed by atoms with van der Waals surface area (Å²) in [6.45, 7) is 3.07. The van der Waals surface area contributed by atoms with Crippen LogP contribution in [0.25, 0.3) is 33.5 Å². The Bertz CT molecular complexity index is 1410. The van der Waals surface area contributed by atoms with Gasteiger partial charge in [-0.2, -0.15) is 0 Å². The fourth-order valence-electron chi connectivity index (χ4n) is 4.51. The van der Waals surface area contributed by atoms with E-state index in [1.165, 1.54) is 6.07 Å². The van der Waals surface area contributed by atoms with Crippen LogP contribution < -0.4 is 22.2 Å². The Morgan fingerprint density at radius 1 is 0.818 bits per heavy atom. The van der Waals surface area contributed by atoms with E-state index in [2.05, 4.69) is 4.90 Å². The summed E-state index contributed by atoms with van der Waals surface area (Å²) in [5.74, 6) is 1.34. The van der Waals surface area contributed by atoms with Crippen LogP contribution >= 0.6 is 0 Å². The topological polar surface area (TPSA) is 46.6 Å². The van der Waals surface area contributed by atoms with E-state index in [4.69, 9.17) is 14.4 Å². The third-order valence-corrected chi connectivity index (χ3v) is 6.16. The molecule has 0 amide bonds. The first-order valence-electron chi connectivity index (χ1n) is 10.9. The minimum Gasteiger partial charge on any atom is -1.00 e. The average molecular weight is 461 g/mol. The number of nitrogens with zero attached hydrogens (tertiary/aromatic N) is 3. The Balaban J connectivity index is 0.00000228. The zero-order chi connectivity index (χ0) is 21.5. The van der Waals surface area contributed by atoms with Crippen molar-refractivity contribution in [3.8, 4) is 11.4 Å². The highest BCUT2D eigenvalue weighted by Gasteiger charge is 2.28. The number of nitrogens with one attached hydrogen (secondary N) is 1. The van der Waals surface area contributed by atoms with Crippen molar-refractivity contribution in [2.45, 2.75) is 0 Å². The number of aromatic nitrogens is 2. The molecule has 3 aromatic carbocycles. The zero-order valence-corrected chi connectivity index (χ0v) is 18.6. The molecule has 2 aromatic heterocycles. The molecule has 5 aromatic rings. The van der Waals surface area contributed by atoms with E-state index in [1.54, 1.807) is 6.07 Å². The summed E-state index contributed by atoms with van der Waals surface area (Å²) < 4.78 is 20.5. The molecule has 1 aliphatic heterocycles. The maximum absolute atomic E-state index is 14.3. The van der Waals surface area contributed by atoms with Crippen molar-refractivity contribution in [1.82, 2.24) is 9.97 Å². The van der Waals surface area contributed by atoms with E-state index in [-0.39, 0.29) is 18.2 Å². The molecule has 0 saturated carbocycles. The van der Waals surface area contributed by atoms with Crippen LogP contribution in [-0.4, -0.2) is 36.1 Å². The molecule has 1 saturated heterocycles. The SMILES string of the molecule is Fc1ccccc1[NH+]1CCN(c2nc(-c3ccccc3)nc3c2oc2ccccc23)CC1.[Cl-]. The second kappa shape index (κ2) is 8.81. The van der Waals surface area contributed by atoms with Gasteiger partial charge in [-0.05, 0) is 18.2 Å². The van der Waals surface area contributed by atoms with Gasteiger partial charge in [-0.25, -0.2) is 14.4 Å². The van der Waals surface area contributed by atoms with E-state index in [0.29, 0.717) is 11.4 Å². The number of fused-ring (bicyclic) bond motifs is 3. The molecule has 5 nitrogen and oxygen atoms in total. The number of hydrogen-bond acceptors (Lipinski definition) is 4. The Morgan fingerprint density at radius 3 is 2.30 bits per heavy atom. The highest BCUT2D eigenvalue weighted by molar-refractivity contribution is 6.06. The highest BCUT2D eigenvalue weighted by atomic mass is 35.5. The number of hydrogen-bond donors (Lipinski definition) is 1. The summed E-state index contributed by atoms with van der Waals surface area (Å²) in [6.07, 6.45) is 0. The number of furan rings is 1. The molecule has 33 heavy (non-hydrogen) atoms. The second-order valence-corrected chi connectivity index (χ2v) is 8.08. The Kier molecular flexibility index (Phi) is 5.70. The number of benzene rings is 3. The predicted molar refractivity (Wildman–Crippen MR) is 124 cm³/mol. The van der Waals surface area contributed by atoms with Gasteiger partial charge in [0.25, 0.3) is 0 Å². The van der Waals surface area contributed by atoms with Crippen LogP contribution in [0.15, 0.2) is 83.3 Å². The number of anilines is 1. The number of halogens is 2. The minimum atomic E-state index is -0.149. The zero-order valence-electron chi connectivity index (χ0n) is 17.8. The van der Waals surface area contributed by atoms with Crippen LogP contribution in [0.3, 0.4) is 0 Å². The molecule has 7 heteroatoms. The van der Waals surface area contributed by atoms with Crippen molar-refractivity contribution in [2.75, 3.05) is 31.1 Å². The van der Waals surface area contributed by atoms with Gasteiger partial charge in [0.15, 0.2) is 28.7 Å². The lowest BCUT2D eigenvalue weighted by Gasteiger charge is -2.32. The quantitative estimate of drug-likeness (QED) is 0.440. The maximum Gasteiger partial charge on any atom is 0.196 e. The third-order valence-electron chi connectivity index (χ3n) is 6.16. The Hall–Kier alpha value is -3.48. The fourth-order valence-corrected chi connectivity index (χ4v) is 4.51. The van der Waals surface area contributed by atoms with Crippen LogP contribution in [0.1, 0.15) is 0 Å². The molecule has 3 heterocycles. The monoisotopic (exact) mass is 460 g/mol. The fraction of sp³-hybridized carbons (Fsp3) is 0.154. The van der Waals surface area contributed by atoms with Gasteiger partial charge >= 0.3 is 0 Å². The third kappa shape index (κ3) is 3.81. The van der Waals surface area contributed by atoms with Crippen LogP contribution in [0.4, 0.5) is 15.9 Å². The van der Waals surface area contributed by atoms with Crippen molar-refractivity contribution in [2.24, 2.45) is 0 Å². The largest absolute Gasteiger partial charge is 1.00 e. The van der Waals surface area contributed by atoms with Crippen molar-refractivity contribution >= 4 is 33.6 Å². The first-order chi connectivity index (χ1) is 15.8. The van der Waals surface area contributed by atoms with E-state index in [1.807, 2.05) is 66.7 Å². The molecule has 0 atom stereocenters. The van der Waals surface area contributed by atoms with E-state index in [0.717, 1.165) is 64.6 Å². The van der Waals surface area contributed by atoms with Crippen LogP contribution in [0.5, 0.6) is 0 Å². The maximum atomic E-state index is 14.3. The molecule has 166 valence electrons. The minimum absolute atomic E-state index is 0. The number of para-hydroxylation sites is 2. The summed E-state index contributed by atoms with van der Waals surface area (Å²) in [5, 5.41) is 0.985. The number of piperazine rings is 1. The standard InChI is InChI=1S/C26H21FN4O.ClH/c27-20-11-5-6-12-21(20)30-14-16-31(17-15-30)26-24-23(19-10-4-7-13-22(19)32-24)28-25(29-26)18-8-2-1-3-9-18;/h1-13H,14-17H2;1H. The van der Waals surface area contributed by atoms with Gasteiger partial charge in [0, 0.05) is 17.0 Å². The van der Waals surface area contributed by atoms with Crippen molar-refractivity contribution in [1.29, 1.82) is 0 Å². The first-order valence-corrected chi connectivity index (χ1v) is 10.9. The van der Waals surface area contributed by atoms with E-state index >= 15 is 0 Å². The second-order valence-electron chi connectivity index (χ2n) is 8.08. The summed E-state index contributed by atoms with van der Waals surface area (Å²) in [6, 6.07) is 25.0. The van der Waals surface area contributed by atoms with Crippen LogP contribution in [-0.2, 0) is 0 Å². The smallest absolute Gasteiger partial charge is 0.196 e. The molecule has 1 aliphatic rings. The highest BCUT2D eigenvalue weighted by Crippen LogP contribution is 2.34. The summed E-state index contributed by atoms with van der Waals surface area (Å²) >= 11 is 0. The van der Waals surface area contributed by atoms with Gasteiger partial charge in [0.2, 0.25) is 0 Å². The molecule has 6 rings (SSSR count). The molecular weight excluding hydrogens is 439 g/mol. The van der Waals surface area contributed by atoms with Crippen LogP contribution in [0.2, 0.25) is 0 Å². The predicted octanol–water partition coefficient (Wildman–Crippen LogP) is 1.22. The summed E-state index contributed by atoms with van der Waals surface area (Å²) in [7, 11) is 0. The molecule has 1 fully saturated rings. The lowest BCUT2D eigenvalue weighted by Crippen LogP contribution is -3.10. The van der Waals surface area contributed by atoms with Crippen molar-refractivity contribution < 1.29 is 26.1 Å². The van der Waals surface area contributed by atoms with E-state index in [9.17, 15) is 4.39 Å². The average Bonchev–Trinajstić information content (AvgIpc) is 3.23. The Labute approximate surface area is 196 Å². The molecular formula is C26H22ClFN4O. The van der Waals surface area contributed by atoms with Crippen molar-refractivity contribution in [3.05, 3.63) is 84.7 Å². The number of quaternary nitrogens is 1. The van der Waals surface area contributed by atoms with Gasteiger partial charge in [0.1, 0.15) is 11.1 Å². The molecule has 0 spiro atoms. The summed E-state index contributed by atoms with van der Waals surface area (Å²) in [5.41, 5.74) is 4.04. The van der Waals surface area contributed by atoms with Gasteiger partial charge in [-0.15, -0.1) is 0 Å². The molecule has 0 radical (unpaired) electrons. The number of rotatable bonds is 3. The van der Waals surface area contributed by atoms with Crippen molar-refractivity contribution in [3.63, 3.8) is 0 Å². The van der Waals surface area contributed by atoms with E-state index < -0.39 is 0 Å². The normalized spacial score (nSPS) is 14.5. The first kappa shape index (κ1) is 21.4. The lowest BCUT2D eigenvalue weighted by atomic mass is 10.2. The van der Waals surface area contributed by atoms with Gasteiger partial charge in [-0.1, -0.05) is 54.6 Å². The van der Waals surface area contributed by atoms with Crippen LogP contribution in [0, 0.1) is 5.82 Å². The van der Waals surface area contributed by atoms with Gasteiger partial charge < -0.3 is 21.7 Å². The molecule has 0 unspecified atom stereocenters. The molecule has 0 aliphatic carbocycles. The molecule has 1 N–H and O–H groups in total. The Morgan fingerprint density at radius 2 is 1.52 bits per heavy atom. The summed E-state index contributed by atoms with van der Waals surface area (Å²) in [4.78, 5) is 13.2. The van der Waals surface area contributed by atoms with Gasteiger partial charge in [0.05, 0.1) is 26.2 Å². The molecule has 0 bridgehead atoms. The lowest BCUT2D eigenvalue weighted by molar-refractivity contribution is -0.834.